The van der Waals surface area contributed by atoms with Crippen molar-refractivity contribution in [3.05, 3.63) is 84.3 Å². The van der Waals surface area contributed by atoms with Gasteiger partial charge in [-0.1, -0.05) is 6.07 Å². The van der Waals surface area contributed by atoms with Gasteiger partial charge in [-0.2, -0.15) is 9.49 Å². The van der Waals surface area contributed by atoms with Crippen LogP contribution in [0.1, 0.15) is 18.9 Å². The van der Waals surface area contributed by atoms with Crippen molar-refractivity contribution in [3.63, 3.8) is 0 Å². The molecule has 0 radical (unpaired) electrons. The van der Waals surface area contributed by atoms with Crippen molar-refractivity contribution in [1.29, 1.82) is 0 Å². The molecule has 13 heteroatoms. The second-order valence-electron chi connectivity index (χ2n) is 9.07. The lowest BCUT2D eigenvalue weighted by Crippen LogP contribution is -2.34. The summed E-state index contributed by atoms with van der Waals surface area (Å²) in [5.41, 5.74) is 0.333. The summed E-state index contributed by atoms with van der Waals surface area (Å²) in [6.07, 6.45) is 4.27. The molecule has 0 N–H and O–H groups in total. The van der Waals surface area contributed by atoms with Gasteiger partial charge in [0.25, 0.3) is 10.0 Å². The SMILES string of the molecule is COCN(c1cccc(-c2nn(C3CCOCC3)cc2-c2ccnc(F)c2)c1F)S(=O)(=O)c1cc(F)ccc1F. The molecule has 210 valence electrons. The first-order chi connectivity index (χ1) is 19.2. The van der Waals surface area contributed by atoms with Crippen molar-refractivity contribution < 1.29 is 35.5 Å². The first kappa shape index (κ1) is 27.7. The van der Waals surface area contributed by atoms with E-state index in [0.29, 0.717) is 53.6 Å². The summed E-state index contributed by atoms with van der Waals surface area (Å²) in [7, 11) is -3.64. The Balaban J connectivity index is 1.66. The molecule has 2 aromatic carbocycles. The van der Waals surface area contributed by atoms with Crippen LogP contribution in [0.15, 0.2) is 65.8 Å². The number of benzene rings is 2. The molecule has 1 fully saturated rings. The van der Waals surface area contributed by atoms with Crippen molar-refractivity contribution in [1.82, 2.24) is 14.8 Å². The Morgan fingerprint density at radius 2 is 1.82 bits per heavy atom. The normalized spacial score (nSPS) is 14.4. The molecule has 0 aliphatic carbocycles. The van der Waals surface area contributed by atoms with Crippen LogP contribution in [0.2, 0.25) is 0 Å². The number of rotatable bonds is 8. The fourth-order valence-corrected chi connectivity index (χ4v) is 6.04. The van der Waals surface area contributed by atoms with E-state index in [-0.39, 0.29) is 17.3 Å². The Labute approximate surface area is 227 Å². The van der Waals surface area contributed by atoms with Crippen molar-refractivity contribution >= 4 is 15.7 Å². The van der Waals surface area contributed by atoms with Gasteiger partial charge >= 0.3 is 0 Å². The summed E-state index contributed by atoms with van der Waals surface area (Å²) in [5.74, 6) is -3.95. The van der Waals surface area contributed by atoms with E-state index in [1.165, 1.54) is 37.6 Å². The van der Waals surface area contributed by atoms with E-state index in [9.17, 15) is 21.6 Å². The zero-order valence-corrected chi connectivity index (χ0v) is 22.0. The van der Waals surface area contributed by atoms with Crippen LogP contribution in [0.25, 0.3) is 22.4 Å². The van der Waals surface area contributed by atoms with Gasteiger partial charge in [0.2, 0.25) is 5.95 Å². The number of anilines is 1. The summed E-state index contributed by atoms with van der Waals surface area (Å²) in [6.45, 7) is 0.338. The molecular formula is C27H24F4N4O4S. The van der Waals surface area contributed by atoms with E-state index < -0.39 is 50.7 Å². The minimum atomic E-state index is -4.81. The number of nitrogens with zero attached hydrogens (tertiary/aromatic N) is 4. The Bertz CT molecular complexity index is 1640. The highest BCUT2D eigenvalue weighted by Gasteiger charge is 2.32. The summed E-state index contributed by atoms with van der Waals surface area (Å²) in [6, 6.07) is 8.61. The molecule has 0 amide bonds. The number of hydrogen-bond acceptors (Lipinski definition) is 6. The van der Waals surface area contributed by atoms with Crippen molar-refractivity contribution in [2.75, 3.05) is 31.4 Å². The van der Waals surface area contributed by atoms with Crippen LogP contribution in [0, 0.1) is 23.4 Å². The Hall–Kier alpha value is -3.81. The first-order valence-electron chi connectivity index (χ1n) is 12.2. The van der Waals surface area contributed by atoms with Gasteiger partial charge in [-0.05, 0) is 54.8 Å². The molecule has 40 heavy (non-hydrogen) atoms. The fraction of sp³-hybridized carbons (Fsp3) is 0.259. The molecule has 5 rings (SSSR count). The quantitative estimate of drug-likeness (QED) is 0.160. The van der Waals surface area contributed by atoms with Gasteiger partial charge in [-0.25, -0.2) is 30.9 Å². The highest BCUT2D eigenvalue weighted by Crippen LogP contribution is 2.38. The van der Waals surface area contributed by atoms with Crippen molar-refractivity contribution in [2.24, 2.45) is 0 Å². The molecule has 0 saturated carbocycles. The van der Waals surface area contributed by atoms with Crippen LogP contribution in [0.3, 0.4) is 0 Å². The van der Waals surface area contributed by atoms with Gasteiger partial charge in [0.15, 0.2) is 5.82 Å². The Morgan fingerprint density at radius 3 is 2.55 bits per heavy atom. The Kier molecular flexibility index (Phi) is 7.88. The summed E-state index contributed by atoms with van der Waals surface area (Å²) in [5, 5.41) is 4.63. The molecule has 8 nitrogen and oxygen atoms in total. The minimum Gasteiger partial charge on any atom is -0.381 e. The largest absolute Gasteiger partial charge is 0.381 e. The minimum absolute atomic E-state index is 0.0551. The summed E-state index contributed by atoms with van der Waals surface area (Å²) >= 11 is 0. The van der Waals surface area contributed by atoms with Crippen LogP contribution < -0.4 is 4.31 Å². The predicted molar refractivity (Wildman–Crippen MR) is 138 cm³/mol. The van der Waals surface area contributed by atoms with Crippen LogP contribution in [0.5, 0.6) is 0 Å². The lowest BCUT2D eigenvalue weighted by molar-refractivity contribution is 0.0663. The summed E-state index contributed by atoms with van der Waals surface area (Å²) < 4.78 is 98.2. The molecule has 1 saturated heterocycles. The van der Waals surface area contributed by atoms with Crippen LogP contribution >= 0.6 is 0 Å². The van der Waals surface area contributed by atoms with Crippen LogP contribution in [-0.2, 0) is 19.5 Å². The summed E-state index contributed by atoms with van der Waals surface area (Å²) in [4.78, 5) is 2.60. The zero-order chi connectivity index (χ0) is 28.4. The van der Waals surface area contributed by atoms with E-state index >= 15 is 4.39 Å². The van der Waals surface area contributed by atoms with Gasteiger partial charge in [-0.15, -0.1) is 0 Å². The average Bonchev–Trinajstić information content (AvgIpc) is 3.39. The maximum Gasteiger partial charge on any atom is 0.269 e. The highest BCUT2D eigenvalue weighted by molar-refractivity contribution is 7.92. The number of methoxy groups -OCH3 is 1. The van der Waals surface area contributed by atoms with Crippen molar-refractivity contribution in [2.45, 2.75) is 23.8 Å². The van der Waals surface area contributed by atoms with E-state index in [1.807, 2.05) is 0 Å². The smallest absolute Gasteiger partial charge is 0.269 e. The third kappa shape index (κ3) is 5.31. The topological polar surface area (TPSA) is 86.5 Å². The second-order valence-corrected chi connectivity index (χ2v) is 10.9. The average molecular weight is 577 g/mol. The zero-order valence-electron chi connectivity index (χ0n) is 21.2. The second kappa shape index (κ2) is 11.4. The van der Waals surface area contributed by atoms with Gasteiger partial charge < -0.3 is 9.47 Å². The molecule has 4 aromatic rings. The van der Waals surface area contributed by atoms with E-state index in [2.05, 4.69) is 10.1 Å². The molecule has 2 aromatic heterocycles. The van der Waals surface area contributed by atoms with Gasteiger partial charge in [0.1, 0.15) is 29.0 Å². The number of aromatic nitrogens is 3. The molecule has 1 aliphatic heterocycles. The molecule has 0 bridgehead atoms. The fourth-order valence-electron chi connectivity index (χ4n) is 4.58. The maximum absolute atomic E-state index is 16.3. The standard InChI is InChI=1S/C27H24F4N4O4S/c1-38-16-35(40(36,37)24-14-18(28)5-6-22(24)29)23-4-2-3-20(26(23)31)27-21(17-7-10-32-25(30)13-17)15-34(33-27)19-8-11-39-12-9-19/h2-7,10,13-15,19H,8-9,11-12,16H2,1H3. The molecular weight excluding hydrogens is 552 g/mol. The third-order valence-corrected chi connectivity index (χ3v) is 8.30. The molecule has 1 aliphatic rings. The highest BCUT2D eigenvalue weighted by atomic mass is 32.2. The number of pyridine rings is 1. The van der Waals surface area contributed by atoms with Gasteiger partial charge in [-0.3, -0.25) is 4.68 Å². The lowest BCUT2D eigenvalue weighted by atomic mass is 10.0. The maximum atomic E-state index is 16.3. The first-order valence-corrected chi connectivity index (χ1v) is 13.7. The Morgan fingerprint density at radius 1 is 1.05 bits per heavy atom. The molecule has 0 unspecified atom stereocenters. The number of sulfonamides is 1. The van der Waals surface area contributed by atoms with E-state index in [0.717, 1.165) is 6.07 Å². The van der Waals surface area contributed by atoms with Crippen molar-refractivity contribution in [3.8, 4) is 22.4 Å². The predicted octanol–water partition coefficient (Wildman–Crippen LogP) is 5.32. The van der Waals surface area contributed by atoms with Crippen LogP contribution in [0.4, 0.5) is 23.2 Å². The molecule has 0 spiro atoms. The monoisotopic (exact) mass is 576 g/mol. The number of halogens is 4. The van der Waals surface area contributed by atoms with Gasteiger partial charge in [0, 0.05) is 49.9 Å². The number of ether oxygens (including phenoxy) is 2. The molecule has 0 atom stereocenters. The van der Waals surface area contributed by atoms with Crippen LogP contribution in [-0.4, -0.2) is 50.2 Å². The third-order valence-electron chi connectivity index (χ3n) is 6.54. The lowest BCUT2D eigenvalue weighted by Gasteiger charge is -2.25. The van der Waals surface area contributed by atoms with E-state index in [1.54, 1.807) is 16.9 Å². The number of hydrogen-bond donors (Lipinski definition) is 0. The van der Waals surface area contributed by atoms with Gasteiger partial charge in [0.05, 0.1) is 11.7 Å². The van der Waals surface area contributed by atoms with E-state index in [4.69, 9.17) is 9.47 Å². The molecule has 3 heterocycles.